The van der Waals surface area contributed by atoms with Crippen LogP contribution in [-0.4, -0.2) is 48.3 Å². The minimum atomic E-state index is -0.114. The lowest BCUT2D eigenvalue weighted by atomic mass is 9.92. The summed E-state index contributed by atoms with van der Waals surface area (Å²) in [4.78, 5) is 2.50. The van der Waals surface area contributed by atoms with E-state index in [0.29, 0.717) is 12.0 Å². The van der Waals surface area contributed by atoms with Gasteiger partial charge in [-0.3, -0.25) is 4.90 Å². The van der Waals surface area contributed by atoms with E-state index >= 15 is 0 Å². The molecule has 0 amide bonds. The van der Waals surface area contributed by atoms with Crippen LogP contribution in [0.25, 0.3) is 0 Å². The highest BCUT2D eigenvalue weighted by molar-refractivity contribution is 4.91. The third-order valence-corrected chi connectivity index (χ3v) is 4.25. The maximum Gasteiger partial charge on any atom is 0.0693 e. The average molecular weight is 212 g/mol. The molecule has 3 heteroatoms. The Balaban J connectivity index is 1.93. The van der Waals surface area contributed by atoms with Crippen LogP contribution in [0.4, 0.5) is 0 Å². The number of piperidine rings is 1. The monoisotopic (exact) mass is 212 g/mol. The SMILES string of the molecule is CCC1CNCC1N1CCC(C)C(O)C1. The molecule has 0 aromatic carbocycles. The number of hydrogen-bond donors (Lipinski definition) is 2. The van der Waals surface area contributed by atoms with Gasteiger partial charge in [-0.25, -0.2) is 0 Å². The van der Waals surface area contributed by atoms with Crippen LogP contribution in [-0.2, 0) is 0 Å². The van der Waals surface area contributed by atoms with Gasteiger partial charge in [0.25, 0.3) is 0 Å². The van der Waals surface area contributed by atoms with Crippen LogP contribution in [0.1, 0.15) is 26.7 Å². The Morgan fingerprint density at radius 2 is 2.20 bits per heavy atom. The third kappa shape index (κ3) is 2.35. The van der Waals surface area contributed by atoms with Gasteiger partial charge in [-0.05, 0) is 31.3 Å². The van der Waals surface area contributed by atoms with Crippen molar-refractivity contribution in [3.8, 4) is 0 Å². The first-order chi connectivity index (χ1) is 7.22. The molecule has 2 aliphatic rings. The zero-order valence-electron chi connectivity index (χ0n) is 9.95. The van der Waals surface area contributed by atoms with E-state index in [9.17, 15) is 5.11 Å². The predicted octanol–water partition coefficient (Wildman–Crippen LogP) is 0.687. The summed E-state index contributed by atoms with van der Waals surface area (Å²) in [5.74, 6) is 1.27. The molecule has 0 bridgehead atoms. The highest BCUT2D eigenvalue weighted by atomic mass is 16.3. The molecule has 2 saturated heterocycles. The van der Waals surface area contributed by atoms with Crippen LogP contribution in [0.3, 0.4) is 0 Å². The van der Waals surface area contributed by atoms with Crippen molar-refractivity contribution >= 4 is 0 Å². The maximum absolute atomic E-state index is 9.91. The van der Waals surface area contributed by atoms with Crippen molar-refractivity contribution < 1.29 is 5.11 Å². The fourth-order valence-corrected chi connectivity index (χ4v) is 2.94. The lowest BCUT2D eigenvalue weighted by Crippen LogP contribution is -2.50. The molecule has 0 saturated carbocycles. The van der Waals surface area contributed by atoms with E-state index in [1.807, 2.05) is 0 Å². The van der Waals surface area contributed by atoms with Crippen molar-refractivity contribution in [1.82, 2.24) is 10.2 Å². The molecule has 2 N–H and O–H groups in total. The van der Waals surface area contributed by atoms with Crippen molar-refractivity contribution in [2.75, 3.05) is 26.2 Å². The van der Waals surface area contributed by atoms with E-state index in [1.54, 1.807) is 0 Å². The summed E-state index contributed by atoms with van der Waals surface area (Å²) in [7, 11) is 0. The standard InChI is InChI=1S/C12H24N2O/c1-3-10-6-13-7-11(10)14-5-4-9(2)12(15)8-14/h9-13,15H,3-8H2,1-2H3. The van der Waals surface area contributed by atoms with Gasteiger partial charge in [0, 0.05) is 19.1 Å². The van der Waals surface area contributed by atoms with Crippen molar-refractivity contribution in [3.63, 3.8) is 0 Å². The van der Waals surface area contributed by atoms with Crippen molar-refractivity contribution in [1.29, 1.82) is 0 Å². The maximum atomic E-state index is 9.91. The number of rotatable bonds is 2. The number of hydrogen-bond acceptors (Lipinski definition) is 3. The molecule has 2 fully saturated rings. The molecule has 2 heterocycles. The molecule has 3 nitrogen and oxygen atoms in total. The van der Waals surface area contributed by atoms with E-state index in [0.717, 1.165) is 32.0 Å². The molecule has 0 aliphatic carbocycles. The van der Waals surface area contributed by atoms with Crippen molar-refractivity contribution in [2.24, 2.45) is 11.8 Å². The number of aliphatic hydroxyl groups excluding tert-OH is 1. The van der Waals surface area contributed by atoms with Gasteiger partial charge in [0.1, 0.15) is 0 Å². The lowest BCUT2D eigenvalue weighted by molar-refractivity contribution is 0.00524. The minimum Gasteiger partial charge on any atom is -0.392 e. The Labute approximate surface area is 92.8 Å². The summed E-state index contributed by atoms with van der Waals surface area (Å²) < 4.78 is 0. The molecule has 0 aromatic heterocycles. The summed E-state index contributed by atoms with van der Waals surface area (Å²) in [6.07, 6.45) is 2.28. The highest BCUT2D eigenvalue weighted by Gasteiger charge is 2.34. The zero-order valence-corrected chi connectivity index (χ0v) is 9.95. The first-order valence-electron chi connectivity index (χ1n) is 6.35. The second-order valence-electron chi connectivity index (χ2n) is 5.22. The summed E-state index contributed by atoms with van der Waals surface area (Å²) in [6, 6.07) is 0.664. The Bertz CT molecular complexity index is 210. The Morgan fingerprint density at radius 3 is 2.87 bits per heavy atom. The van der Waals surface area contributed by atoms with Gasteiger partial charge in [0.15, 0.2) is 0 Å². The number of nitrogens with zero attached hydrogens (tertiary/aromatic N) is 1. The smallest absolute Gasteiger partial charge is 0.0693 e. The molecule has 15 heavy (non-hydrogen) atoms. The fourth-order valence-electron chi connectivity index (χ4n) is 2.94. The number of aliphatic hydroxyl groups is 1. The topological polar surface area (TPSA) is 35.5 Å². The van der Waals surface area contributed by atoms with E-state index in [-0.39, 0.29) is 6.10 Å². The van der Waals surface area contributed by atoms with Crippen molar-refractivity contribution in [2.45, 2.75) is 38.8 Å². The number of nitrogens with one attached hydrogen (secondary N) is 1. The summed E-state index contributed by atoms with van der Waals surface area (Å²) in [6.45, 7) is 8.74. The molecule has 0 spiro atoms. The average Bonchev–Trinajstić information content (AvgIpc) is 2.70. The first-order valence-corrected chi connectivity index (χ1v) is 6.35. The van der Waals surface area contributed by atoms with Crippen LogP contribution < -0.4 is 5.32 Å². The van der Waals surface area contributed by atoms with E-state index < -0.39 is 0 Å². The predicted molar refractivity (Wildman–Crippen MR) is 61.8 cm³/mol. The summed E-state index contributed by atoms with van der Waals surface area (Å²) in [5, 5.41) is 13.4. The minimum absolute atomic E-state index is 0.114. The Hall–Kier alpha value is -0.120. The van der Waals surface area contributed by atoms with Gasteiger partial charge >= 0.3 is 0 Å². The van der Waals surface area contributed by atoms with Crippen LogP contribution in [0.15, 0.2) is 0 Å². The van der Waals surface area contributed by atoms with Gasteiger partial charge in [-0.1, -0.05) is 20.3 Å². The quantitative estimate of drug-likeness (QED) is 0.707. The molecule has 4 atom stereocenters. The third-order valence-electron chi connectivity index (χ3n) is 4.25. The van der Waals surface area contributed by atoms with Crippen LogP contribution in [0.5, 0.6) is 0 Å². The summed E-state index contributed by atoms with van der Waals surface area (Å²) in [5.41, 5.74) is 0. The molecule has 4 unspecified atom stereocenters. The van der Waals surface area contributed by atoms with E-state index in [4.69, 9.17) is 0 Å². The van der Waals surface area contributed by atoms with Gasteiger partial charge in [-0.15, -0.1) is 0 Å². The van der Waals surface area contributed by atoms with E-state index in [1.165, 1.54) is 13.0 Å². The van der Waals surface area contributed by atoms with Crippen LogP contribution in [0, 0.1) is 11.8 Å². The molecular weight excluding hydrogens is 188 g/mol. The van der Waals surface area contributed by atoms with E-state index in [2.05, 4.69) is 24.1 Å². The zero-order chi connectivity index (χ0) is 10.8. The lowest BCUT2D eigenvalue weighted by Gasteiger charge is -2.39. The summed E-state index contributed by atoms with van der Waals surface area (Å²) >= 11 is 0. The van der Waals surface area contributed by atoms with Gasteiger partial charge < -0.3 is 10.4 Å². The molecule has 0 radical (unpaired) electrons. The number of β-amino-alcohol motifs (C(OH)–C–C–N with tert-alkyl or cyclic N) is 1. The van der Waals surface area contributed by atoms with Gasteiger partial charge in [0.2, 0.25) is 0 Å². The first kappa shape index (κ1) is 11.4. The second kappa shape index (κ2) is 4.81. The Kier molecular flexibility index (Phi) is 3.65. The number of likely N-dealkylation sites (tertiary alicyclic amines) is 1. The van der Waals surface area contributed by atoms with Gasteiger partial charge in [0.05, 0.1) is 6.10 Å². The second-order valence-corrected chi connectivity index (χ2v) is 5.22. The van der Waals surface area contributed by atoms with Crippen LogP contribution in [0.2, 0.25) is 0 Å². The molecule has 88 valence electrons. The molecule has 0 aromatic rings. The fraction of sp³-hybridized carbons (Fsp3) is 1.00. The molecule has 2 aliphatic heterocycles. The van der Waals surface area contributed by atoms with Crippen LogP contribution >= 0.6 is 0 Å². The van der Waals surface area contributed by atoms with Crippen molar-refractivity contribution in [3.05, 3.63) is 0 Å². The Morgan fingerprint density at radius 1 is 1.40 bits per heavy atom. The molecule has 2 rings (SSSR count). The normalized spacial score (nSPS) is 43.4. The largest absolute Gasteiger partial charge is 0.392 e. The van der Waals surface area contributed by atoms with Gasteiger partial charge in [-0.2, -0.15) is 0 Å². The molecular formula is C12H24N2O. The highest BCUT2D eigenvalue weighted by Crippen LogP contribution is 2.25.